The van der Waals surface area contributed by atoms with Gasteiger partial charge in [-0.15, -0.1) is 0 Å². The highest BCUT2D eigenvalue weighted by atomic mass is 35.5. The summed E-state index contributed by atoms with van der Waals surface area (Å²) in [5.41, 5.74) is 5.07. The van der Waals surface area contributed by atoms with Crippen molar-refractivity contribution in [3.05, 3.63) is 62.6 Å². The van der Waals surface area contributed by atoms with Crippen molar-refractivity contribution in [2.45, 2.75) is 25.7 Å². The molecule has 2 rings (SSSR count). The largest absolute Gasteiger partial charge is 0.272 e. The van der Waals surface area contributed by atoms with Crippen LogP contribution in [0.25, 0.3) is 0 Å². The number of carbonyl (C=O) groups excluding carboxylic acids is 1. The molecule has 0 aliphatic carbocycles. The summed E-state index contributed by atoms with van der Waals surface area (Å²) in [6.07, 6.45) is 1.34. The number of aryl methyl sites for hydroxylation is 3. The van der Waals surface area contributed by atoms with Crippen LogP contribution in [0, 0.1) is 20.8 Å². The highest BCUT2D eigenvalue weighted by molar-refractivity contribution is 7.89. The number of likely N-dealkylation sites (N-methyl/N-ethyl adjacent to an activating group) is 1. The van der Waals surface area contributed by atoms with Gasteiger partial charge < -0.3 is 0 Å². The lowest BCUT2D eigenvalue weighted by molar-refractivity contribution is -0.121. The lowest BCUT2D eigenvalue weighted by atomic mass is 10.1. The Kier molecular flexibility index (Phi) is 7.22. The molecule has 1 amide bonds. The van der Waals surface area contributed by atoms with Crippen molar-refractivity contribution >= 4 is 45.3 Å². The second kappa shape index (κ2) is 9.05. The fraction of sp³-hybridized carbons (Fsp3) is 0.263. The molecule has 0 saturated heterocycles. The maximum absolute atomic E-state index is 12.9. The first-order valence-electron chi connectivity index (χ1n) is 8.34. The Hall–Kier alpha value is -1.93. The normalized spacial score (nSPS) is 12.0. The van der Waals surface area contributed by atoms with Crippen LogP contribution >= 0.6 is 23.2 Å². The number of hydrogen-bond acceptors (Lipinski definition) is 4. The summed E-state index contributed by atoms with van der Waals surface area (Å²) in [5, 5.41) is 4.49. The van der Waals surface area contributed by atoms with Crippen molar-refractivity contribution in [1.29, 1.82) is 0 Å². The van der Waals surface area contributed by atoms with Crippen LogP contribution in [0.15, 0.2) is 40.3 Å². The molecule has 0 unspecified atom stereocenters. The first kappa shape index (κ1) is 22.4. The van der Waals surface area contributed by atoms with Gasteiger partial charge in [0.05, 0.1) is 27.7 Å². The standard InChI is InChI=1S/C19H21Cl2N3O3S/c1-12-8-13(2)19(14(3)9-12)28(26,27)24(4)11-17(25)23-22-10-15-6-5-7-16(20)18(15)21/h5-10H,11H2,1-4H3,(H,23,25)/b22-10-. The van der Waals surface area contributed by atoms with E-state index in [0.717, 1.165) is 9.87 Å². The third-order valence-electron chi connectivity index (χ3n) is 4.01. The fourth-order valence-electron chi connectivity index (χ4n) is 2.85. The Bertz CT molecular complexity index is 1010. The van der Waals surface area contributed by atoms with E-state index in [4.69, 9.17) is 23.2 Å². The van der Waals surface area contributed by atoms with Crippen LogP contribution < -0.4 is 5.43 Å². The molecule has 6 nitrogen and oxygen atoms in total. The number of benzene rings is 2. The Balaban J connectivity index is 2.09. The van der Waals surface area contributed by atoms with E-state index in [1.165, 1.54) is 13.3 Å². The SMILES string of the molecule is Cc1cc(C)c(S(=O)(=O)N(C)CC(=O)N/N=C\c2cccc(Cl)c2Cl)c(C)c1. The zero-order chi connectivity index (χ0) is 21.1. The Morgan fingerprint density at radius 1 is 1.18 bits per heavy atom. The molecule has 0 bridgehead atoms. The number of hydrogen-bond donors (Lipinski definition) is 1. The van der Waals surface area contributed by atoms with Crippen LogP contribution in [0.2, 0.25) is 10.0 Å². The predicted molar refractivity (Wildman–Crippen MR) is 113 cm³/mol. The number of sulfonamides is 1. The number of hydrazone groups is 1. The van der Waals surface area contributed by atoms with E-state index in [-0.39, 0.29) is 11.4 Å². The zero-order valence-corrected chi connectivity index (χ0v) is 18.3. The second-order valence-corrected chi connectivity index (χ2v) is 9.19. The molecule has 1 N–H and O–H groups in total. The summed E-state index contributed by atoms with van der Waals surface area (Å²) >= 11 is 12.0. The van der Waals surface area contributed by atoms with Gasteiger partial charge in [-0.25, -0.2) is 13.8 Å². The average Bonchev–Trinajstić information content (AvgIpc) is 2.57. The molecule has 2 aromatic rings. The molecule has 2 aromatic carbocycles. The highest BCUT2D eigenvalue weighted by Gasteiger charge is 2.26. The van der Waals surface area contributed by atoms with Gasteiger partial charge in [-0.3, -0.25) is 4.79 Å². The molecule has 0 radical (unpaired) electrons. The molecule has 0 aromatic heterocycles. The number of carbonyl (C=O) groups is 1. The number of halogens is 2. The molecule has 28 heavy (non-hydrogen) atoms. The summed E-state index contributed by atoms with van der Waals surface area (Å²) in [6, 6.07) is 8.61. The van der Waals surface area contributed by atoms with Crippen molar-refractivity contribution in [2.24, 2.45) is 5.10 Å². The molecule has 0 spiro atoms. The maximum atomic E-state index is 12.9. The summed E-state index contributed by atoms with van der Waals surface area (Å²) in [6.45, 7) is 4.99. The van der Waals surface area contributed by atoms with Gasteiger partial charge >= 0.3 is 0 Å². The average molecular weight is 442 g/mol. The molecule has 0 atom stereocenters. The summed E-state index contributed by atoms with van der Waals surface area (Å²) in [5.74, 6) is -0.581. The highest BCUT2D eigenvalue weighted by Crippen LogP contribution is 2.25. The number of rotatable bonds is 6. The number of amides is 1. The molecule has 0 aliphatic heterocycles. The molecule has 0 aliphatic rings. The van der Waals surface area contributed by atoms with E-state index in [0.29, 0.717) is 26.7 Å². The first-order valence-corrected chi connectivity index (χ1v) is 10.5. The minimum absolute atomic E-state index is 0.211. The lowest BCUT2D eigenvalue weighted by Gasteiger charge is -2.19. The number of nitrogens with one attached hydrogen (secondary N) is 1. The lowest BCUT2D eigenvalue weighted by Crippen LogP contribution is -2.37. The van der Waals surface area contributed by atoms with Crippen molar-refractivity contribution in [1.82, 2.24) is 9.73 Å². The van der Waals surface area contributed by atoms with Gasteiger partial charge in [0, 0.05) is 12.6 Å². The Labute approximate surface area is 175 Å². The van der Waals surface area contributed by atoms with Gasteiger partial charge in [-0.2, -0.15) is 9.41 Å². The van der Waals surface area contributed by atoms with Crippen molar-refractivity contribution in [3.8, 4) is 0 Å². The van der Waals surface area contributed by atoms with E-state index < -0.39 is 15.9 Å². The summed E-state index contributed by atoms with van der Waals surface area (Å²) in [4.78, 5) is 12.3. The molecule has 0 heterocycles. The molecule has 9 heteroatoms. The molecule has 0 saturated carbocycles. The van der Waals surface area contributed by atoms with E-state index in [2.05, 4.69) is 10.5 Å². The van der Waals surface area contributed by atoms with E-state index in [9.17, 15) is 13.2 Å². The second-order valence-electron chi connectivity index (χ2n) is 6.43. The molecular weight excluding hydrogens is 421 g/mol. The minimum atomic E-state index is -3.82. The maximum Gasteiger partial charge on any atom is 0.255 e. The smallest absolute Gasteiger partial charge is 0.255 e. The van der Waals surface area contributed by atoms with Gasteiger partial charge in [0.2, 0.25) is 10.0 Å². The van der Waals surface area contributed by atoms with Gasteiger partial charge in [-0.1, -0.05) is 53.0 Å². The minimum Gasteiger partial charge on any atom is -0.272 e. The monoisotopic (exact) mass is 441 g/mol. The quantitative estimate of drug-likeness (QED) is 0.548. The molecule has 150 valence electrons. The van der Waals surface area contributed by atoms with Gasteiger partial charge in [0.1, 0.15) is 0 Å². The van der Waals surface area contributed by atoms with Crippen molar-refractivity contribution in [2.75, 3.05) is 13.6 Å². The molecule has 0 fully saturated rings. The fourth-order valence-corrected chi connectivity index (χ4v) is 4.73. The van der Waals surface area contributed by atoms with E-state index in [1.807, 2.05) is 6.92 Å². The zero-order valence-electron chi connectivity index (χ0n) is 16.0. The molecular formula is C19H21Cl2N3O3S. The predicted octanol–water partition coefficient (Wildman–Crippen LogP) is 3.69. The third-order valence-corrected chi connectivity index (χ3v) is 6.96. The Morgan fingerprint density at radius 3 is 2.39 bits per heavy atom. The number of nitrogens with zero attached hydrogens (tertiary/aromatic N) is 2. The van der Waals surface area contributed by atoms with E-state index >= 15 is 0 Å². The first-order chi connectivity index (χ1) is 13.0. The topological polar surface area (TPSA) is 78.8 Å². The van der Waals surface area contributed by atoms with Crippen molar-refractivity contribution in [3.63, 3.8) is 0 Å². The van der Waals surface area contributed by atoms with Gasteiger partial charge in [0.25, 0.3) is 5.91 Å². The van der Waals surface area contributed by atoms with Crippen LogP contribution in [0.1, 0.15) is 22.3 Å². The van der Waals surface area contributed by atoms with E-state index in [1.54, 1.807) is 44.2 Å². The van der Waals surface area contributed by atoms with Crippen LogP contribution in [0.3, 0.4) is 0 Å². The van der Waals surface area contributed by atoms with Crippen LogP contribution in [0.5, 0.6) is 0 Å². The third kappa shape index (κ3) is 5.11. The van der Waals surface area contributed by atoms with Crippen LogP contribution in [-0.4, -0.2) is 38.4 Å². The summed E-state index contributed by atoms with van der Waals surface area (Å²) in [7, 11) is -2.47. The van der Waals surface area contributed by atoms with Crippen LogP contribution in [0.4, 0.5) is 0 Å². The van der Waals surface area contributed by atoms with Crippen LogP contribution in [-0.2, 0) is 14.8 Å². The summed E-state index contributed by atoms with van der Waals surface area (Å²) < 4.78 is 26.7. The van der Waals surface area contributed by atoms with Crippen molar-refractivity contribution < 1.29 is 13.2 Å². The van der Waals surface area contributed by atoms with Gasteiger partial charge in [0.15, 0.2) is 0 Å². The van der Waals surface area contributed by atoms with Gasteiger partial charge in [-0.05, 0) is 38.0 Å². The Morgan fingerprint density at radius 2 is 1.79 bits per heavy atom.